The fraction of sp³-hybridized carbons (Fsp3) is 0.259. The first kappa shape index (κ1) is 21.2. The van der Waals surface area contributed by atoms with E-state index in [0.717, 1.165) is 54.2 Å². The van der Waals surface area contributed by atoms with Crippen LogP contribution in [0.1, 0.15) is 21.7 Å². The van der Waals surface area contributed by atoms with Crippen LogP contribution in [-0.2, 0) is 0 Å². The third-order valence-corrected chi connectivity index (χ3v) is 6.35. The maximum absolute atomic E-state index is 13.2. The number of carbonyl (C=O) groups is 1. The molecule has 6 nitrogen and oxygen atoms in total. The first-order valence-electron chi connectivity index (χ1n) is 11.4. The van der Waals surface area contributed by atoms with E-state index in [-0.39, 0.29) is 5.91 Å². The maximum atomic E-state index is 13.2. The zero-order chi connectivity index (χ0) is 22.9. The van der Waals surface area contributed by atoms with Crippen molar-refractivity contribution in [1.82, 2.24) is 14.7 Å². The van der Waals surface area contributed by atoms with Crippen molar-refractivity contribution in [3.05, 3.63) is 83.7 Å². The summed E-state index contributed by atoms with van der Waals surface area (Å²) >= 11 is 0. The molecule has 33 heavy (non-hydrogen) atoms. The molecule has 0 atom stereocenters. The largest absolute Gasteiger partial charge is 0.369 e. The molecule has 0 unspecified atom stereocenters. The quantitative estimate of drug-likeness (QED) is 0.503. The summed E-state index contributed by atoms with van der Waals surface area (Å²) in [5.41, 5.74) is 5.28. The third-order valence-electron chi connectivity index (χ3n) is 6.35. The number of amides is 1. The van der Waals surface area contributed by atoms with Gasteiger partial charge in [0, 0.05) is 37.6 Å². The Morgan fingerprint density at radius 2 is 1.55 bits per heavy atom. The molecule has 1 N–H and O–H groups in total. The fourth-order valence-corrected chi connectivity index (χ4v) is 4.43. The molecule has 0 spiro atoms. The van der Waals surface area contributed by atoms with Gasteiger partial charge in [0.1, 0.15) is 5.69 Å². The summed E-state index contributed by atoms with van der Waals surface area (Å²) in [5, 5.41) is 9.98. The molecule has 5 rings (SSSR count). The number of likely N-dealkylation sites (N-methyl/N-ethyl adjacent to an activating group) is 1. The SMILES string of the molecule is Cc1cc(C(=O)Nc2ccc(N3CCN(C)CC3)cc2)n(-c2cc3ccccc3cc2C)n1. The molecular formula is C27H29N5O. The fourth-order valence-electron chi connectivity index (χ4n) is 4.43. The lowest BCUT2D eigenvalue weighted by atomic mass is 10.1. The molecule has 3 aromatic carbocycles. The van der Waals surface area contributed by atoms with Crippen molar-refractivity contribution >= 4 is 28.1 Å². The summed E-state index contributed by atoms with van der Waals surface area (Å²) < 4.78 is 1.76. The number of nitrogens with zero attached hydrogens (tertiary/aromatic N) is 4. The van der Waals surface area contributed by atoms with Gasteiger partial charge in [-0.3, -0.25) is 4.79 Å². The summed E-state index contributed by atoms with van der Waals surface area (Å²) in [4.78, 5) is 18.0. The van der Waals surface area contributed by atoms with Gasteiger partial charge in [-0.05, 0) is 79.7 Å². The lowest BCUT2D eigenvalue weighted by molar-refractivity contribution is 0.101. The molecule has 1 aliphatic heterocycles. The number of aryl methyl sites for hydroxylation is 2. The van der Waals surface area contributed by atoms with Crippen LogP contribution in [0.5, 0.6) is 0 Å². The van der Waals surface area contributed by atoms with Crippen molar-refractivity contribution in [2.24, 2.45) is 0 Å². The first-order chi connectivity index (χ1) is 16.0. The van der Waals surface area contributed by atoms with E-state index in [1.807, 2.05) is 37.3 Å². The number of hydrogen-bond acceptors (Lipinski definition) is 4. The van der Waals surface area contributed by atoms with Crippen LogP contribution in [0.2, 0.25) is 0 Å². The molecule has 0 radical (unpaired) electrons. The van der Waals surface area contributed by atoms with Gasteiger partial charge in [0.05, 0.1) is 11.4 Å². The molecule has 0 bridgehead atoms. The highest BCUT2D eigenvalue weighted by atomic mass is 16.2. The van der Waals surface area contributed by atoms with Crippen LogP contribution in [0.15, 0.2) is 66.7 Å². The third kappa shape index (κ3) is 4.34. The molecular weight excluding hydrogens is 410 g/mol. The highest BCUT2D eigenvalue weighted by Crippen LogP contribution is 2.25. The molecule has 4 aromatic rings. The zero-order valence-corrected chi connectivity index (χ0v) is 19.4. The van der Waals surface area contributed by atoms with Gasteiger partial charge in [0.2, 0.25) is 0 Å². The van der Waals surface area contributed by atoms with E-state index in [1.54, 1.807) is 4.68 Å². The number of carbonyl (C=O) groups excluding carboxylic acids is 1. The van der Waals surface area contributed by atoms with Crippen molar-refractivity contribution < 1.29 is 4.79 Å². The standard InChI is InChI=1S/C27H29N5O/c1-19-16-21-6-4-5-7-22(21)18-25(19)32-26(17-20(2)29-32)27(33)28-23-8-10-24(11-9-23)31-14-12-30(3)13-15-31/h4-11,16-18H,12-15H2,1-3H3,(H,28,33). The Bertz CT molecular complexity index is 1300. The van der Waals surface area contributed by atoms with Gasteiger partial charge < -0.3 is 15.1 Å². The van der Waals surface area contributed by atoms with E-state index in [0.29, 0.717) is 5.69 Å². The number of fused-ring (bicyclic) bond motifs is 1. The Hall–Kier alpha value is -3.64. The summed E-state index contributed by atoms with van der Waals surface area (Å²) in [7, 11) is 2.15. The molecule has 1 amide bonds. The smallest absolute Gasteiger partial charge is 0.274 e. The number of piperazine rings is 1. The molecule has 2 heterocycles. The van der Waals surface area contributed by atoms with Gasteiger partial charge in [-0.15, -0.1) is 0 Å². The van der Waals surface area contributed by atoms with Gasteiger partial charge in [0.25, 0.3) is 5.91 Å². The Labute approximate surface area is 194 Å². The van der Waals surface area contributed by atoms with E-state index in [4.69, 9.17) is 0 Å². The van der Waals surface area contributed by atoms with E-state index in [9.17, 15) is 4.79 Å². The second-order valence-electron chi connectivity index (χ2n) is 8.86. The van der Waals surface area contributed by atoms with E-state index < -0.39 is 0 Å². The predicted molar refractivity (Wildman–Crippen MR) is 135 cm³/mol. The normalized spacial score (nSPS) is 14.6. The Kier molecular flexibility index (Phi) is 5.60. The van der Waals surface area contributed by atoms with Gasteiger partial charge in [0.15, 0.2) is 0 Å². The van der Waals surface area contributed by atoms with Crippen molar-refractivity contribution in [3.8, 4) is 5.69 Å². The minimum atomic E-state index is -0.171. The Balaban J connectivity index is 1.39. The Morgan fingerprint density at radius 1 is 0.879 bits per heavy atom. The van der Waals surface area contributed by atoms with Crippen molar-refractivity contribution in [1.29, 1.82) is 0 Å². The number of anilines is 2. The molecule has 1 aliphatic rings. The van der Waals surface area contributed by atoms with Crippen LogP contribution < -0.4 is 10.2 Å². The van der Waals surface area contributed by atoms with Crippen LogP contribution in [0.25, 0.3) is 16.5 Å². The second kappa shape index (κ2) is 8.71. The van der Waals surface area contributed by atoms with Crippen molar-refractivity contribution in [3.63, 3.8) is 0 Å². The predicted octanol–water partition coefficient (Wildman–Crippen LogP) is 4.65. The van der Waals surface area contributed by atoms with Gasteiger partial charge in [-0.1, -0.05) is 24.3 Å². The Morgan fingerprint density at radius 3 is 2.24 bits per heavy atom. The van der Waals surface area contributed by atoms with E-state index in [2.05, 4.69) is 70.6 Å². The number of aromatic nitrogens is 2. The molecule has 1 fully saturated rings. The average Bonchev–Trinajstić information content (AvgIpc) is 3.21. The van der Waals surface area contributed by atoms with Gasteiger partial charge in [-0.2, -0.15) is 5.10 Å². The molecule has 0 saturated carbocycles. The molecule has 0 aliphatic carbocycles. The summed E-state index contributed by atoms with van der Waals surface area (Å²) in [6, 6.07) is 22.4. The van der Waals surface area contributed by atoms with Crippen molar-refractivity contribution in [2.75, 3.05) is 43.4 Å². The number of rotatable bonds is 4. The molecule has 6 heteroatoms. The highest BCUT2D eigenvalue weighted by molar-refractivity contribution is 6.03. The minimum Gasteiger partial charge on any atom is -0.369 e. The van der Waals surface area contributed by atoms with Gasteiger partial charge >= 0.3 is 0 Å². The van der Waals surface area contributed by atoms with Gasteiger partial charge in [-0.25, -0.2) is 4.68 Å². The summed E-state index contributed by atoms with van der Waals surface area (Å²) in [5.74, 6) is -0.171. The van der Waals surface area contributed by atoms with Crippen LogP contribution in [0.3, 0.4) is 0 Å². The number of benzene rings is 3. The lowest BCUT2D eigenvalue weighted by Crippen LogP contribution is -2.44. The maximum Gasteiger partial charge on any atom is 0.274 e. The zero-order valence-electron chi connectivity index (χ0n) is 19.4. The first-order valence-corrected chi connectivity index (χ1v) is 11.4. The van der Waals surface area contributed by atoms with Crippen LogP contribution >= 0.6 is 0 Å². The van der Waals surface area contributed by atoms with Crippen LogP contribution in [0, 0.1) is 13.8 Å². The monoisotopic (exact) mass is 439 g/mol. The molecule has 1 saturated heterocycles. The molecule has 1 aromatic heterocycles. The summed E-state index contributed by atoms with van der Waals surface area (Å²) in [6.45, 7) is 8.13. The topological polar surface area (TPSA) is 53.4 Å². The highest BCUT2D eigenvalue weighted by Gasteiger charge is 2.18. The minimum absolute atomic E-state index is 0.171. The second-order valence-corrected chi connectivity index (χ2v) is 8.86. The lowest BCUT2D eigenvalue weighted by Gasteiger charge is -2.34. The molecule has 168 valence electrons. The van der Waals surface area contributed by atoms with E-state index >= 15 is 0 Å². The summed E-state index contributed by atoms with van der Waals surface area (Å²) in [6.07, 6.45) is 0. The average molecular weight is 440 g/mol. The van der Waals surface area contributed by atoms with E-state index in [1.165, 1.54) is 11.1 Å². The van der Waals surface area contributed by atoms with Crippen molar-refractivity contribution in [2.45, 2.75) is 13.8 Å². The number of hydrogen-bond donors (Lipinski definition) is 1. The van der Waals surface area contributed by atoms with Crippen LogP contribution in [0.4, 0.5) is 11.4 Å². The number of nitrogens with one attached hydrogen (secondary N) is 1. The van der Waals surface area contributed by atoms with Crippen LogP contribution in [-0.4, -0.2) is 53.8 Å².